The van der Waals surface area contributed by atoms with Gasteiger partial charge in [-0.25, -0.2) is 0 Å². The first-order valence-corrected chi connectivity index (χ1v) is 15.8. The normalized spacial score (nSPS) is 23.9. The number of nitrogens with two attached hydrogens (primary N) is 3. The standard InChI is InChI=1S/C30H44N8O5.C2H6/c1-17-8-3-5-12-23(26(31)40)37-29(43)19(9-7-13-34-30(32)33)15-25(39)24(38-28(42)18(2)36-27(17)41)14-20-16-35-22-11-6-4-10-21(20)22;1-2/h4,6,10-11,16-19,23-24,35H,3,5,7-9,12-15H2,1-2H3,(H2,31,40)(H,36,41)(H,37,43)(H,38,42)(H4,32,33,34);1-2H3/t17-,18-,19+,23-,24-;/m0./s1. The Morgan fingerprint density at radius 1 is 0.911 bits per heavy atom. The van der Waals surface area contributed by atoms with Gasteiger partial charge in [0.1, 0.15) is 12.1 Å². The molecule has 4 amide bonds. The van der Waals surface area contributed by atoms with Gasteiger partial charge in [-0.05, 0) is 44.2 Å². The van der Waals surface area contributed by atoms with Crippen molar-refractivity contribution in [1.82, 2.24) is 20.9 Å². The first-order valence-electron chi connectivity index (χ1n) is 15.8. The molecule has 1 aromatic carbocycles. The predicted molar refractivity (Wildman–Crippen MR) is 175 cm³/mol. The zero-order valence-corrected chi connectivity index (χ0v) is 26.9. The van der Waals surface area contributed by atoms with E-state index in [2.05, 4.69) is 25.9 Å². The van der Waals surface area contributed by atoms with Crippen LogP contribution in [0.3, 0.4) is 0 Å². The summed E-state index contributed by atoms with van der Waals surface area (Å²) >= 11 is 0. The number of aromatic amines is 1. The second-order valence-electron chi connectivity index (χ2n) is 11.3. The maximum absolute atomic E-state index is 13.9. The van der Waals surface area contributed by atoms with Gasteiger partial charge in [0.05, 0.1) is 6.04 Å². The summed E-state index contributed by atoms with van der Waals surface area (Å²) in [6.45, 7) is 7.58. The summed E-state index contributed by atoms with van der Waals surface area (Å²) in [5.41, 5.74) is 18.2. The molecule has 1 aliphatic heterocycles. The second kappa shape index (κ2) is 18.4. The highest BCUT2D eigenvalue weighted by Crippen LogP contribution is 2.22. The Hall–Kier alpha value is -4.42. The maximum Gasteiger partial charge on any atom is 0.242 e. The summed E-state index contributed by atoms with van der Waals surface area (Å²) in [7, 11) is 0. The molecule has 3 rings (SSSR count). The third-order valence-electron chi connectivity index (χ3n) is 7.87. The van der Waals surface area contributed by atoms with Gasteiger partial charge in [-0.2, -0.15) is 0 Å². The molecule has 45 heavy (non-hydrogen) atoms. The van der Waals surface area contributed by atoms with E-state index < -0.39 is 41.8 Å². The van der Waals surface area contributed by atoms with Gasteiger partial charge >= 0.3 is 0 Å². The molecule has 2 aromatic rings. The van der Waals surface area contributed by atoms with E-state index in [1.54, 1.807) is 20.0 Å². The van der Waals surface area contributed by atoms with E-state index >= 15 is 0 Å². The Labute approximate surface area is 264 Å². The fraction of sp³-hybridized carbons (Fsp3) is 0.562. The number of hydrogen-bond donors (Lipinski definition) is 7. The SMILES string of the molecule is CC.C[C@@H]1NC(=O)[C@@H](C)CCCC[C@@H](C(N)=O)NC(=O)[C@H](CCCN=C(N)N)CC(=O)[C@H](Cc2c[nH]c3ccccc23)NC1=O. The Bertz CT molecular complexity index is 1340. The Morgan fingerprint density at radius 3 is 2.29 bits per heavy atom. The molecule has 0 saturated carbocycles. The van der Waals surface area contributed by atoms with Crippen molar-refractivity contribution >= 4 is 46.3 Å². The monoisotopic (exact) mass is 626 g/mol. The van der Waals surface area contributed by atoms with E-state index in [0.717, 1.165) is 16.5 Å². The molecular formula is C32H50N8O5. The molecule has 0 radical (unpaired) electrons. The fourth-order valence-corrected chi connectivity index (χ4v) is 5.25. The molecule has 0 spiro atoms. The van der Waals surface area contributed by atoms with Crippen molar-refractivity contribution in [1.29, 1.82) is 0 Å². The molecule has 10 N–H and O–H groups in total. The number of guanidine groups is 1. The Morgan fingerprint density at radius 2 is 1.60 bits per heavy atom. The van der Waals surface area contributed by atoms with Crippen LogP contribution in [0.25, 0.3) is 10.9 Å². The third-order valence-corrected chi connectivity index (χ3v) is 7.87. The van der Waals surface area contributed by atoms with E-state index in [0.29, 0.717) is 32.1 Å². The molecule has 0 bridgehead atoms. The fourth-order valence-electron chi connectivity index (χ4n) is 5.25. The third kappa shape index (κ3) is 11.5. The lowest BCUT2D eigenvalue weighted by molar-refractivity contribution is -0.134. The van der Waals surface area contributed by atoms with Gasteiger partial charge in [-0.15, -0.1) is 0 Å². The van der Waals surface area contributed by atoms with Crippen molar-refractivity contribution in [3.05, 3.63) is 36.0 Å². The summed E-state index contributed by atoms with van der Waals surface area (Å²) in [6.07, 6.45) is 4.39. The number of Topliss-reactive ketones (excluding diaryl/α,β-unsaturated/α-hetero) is 1. The number of nitrogens with one attached hydrogen (secondary N) is 4. The van der Waals surface area contributed by atoms with Crippen LogP contribution in [-0.4, -0.2) is 65.0 Å². The summed E-state index contributed by atoms with van der Waals surface area (Å²) in [6, 6.07) is 4.80. The molecule has 13 nitrogen and oxygen atoms in total. The van der Waals surface area contributed by atoms with Crippen LogP contribution in [0.2, 0.25) is 0 Å². The zero-order chi connectivity index (χ0) is 33.5. The van der Waals surface area contributed by atoms with Crippen LogP contribution >= 0.6 is 0 Å². The van der Waals surface area contributed by atoms with Crippen LogP contribution in [0.1, 0.15) is 78.2 Å². The molecule has 248 valence electrons. The van der Waals surface area contributed by atoms with Crippen LogP contribution in [0, 0.1) is 11.8 Å². The number of H-pyrrole nitrogens is 1. The average molecular weight is 627 g/mol. The van der Waals surface area contributed by atoms with Gasteiger partial charge in [-0.1, -0.05) is 51.8 Å². The zero-order valence-electron chi connectivity index (χ0n) is 26.9. The number of fused-ring (bicyclic) bond motifs is 1. The minimum atomic E-state index is -0.987. The number of amides is 4. The number of para-hydroxylation sites is 1. The van der Waals surface area contributed by atoms with Crippen molar-refractivity contribution in [2.24, 2.45) is 34.0 Å². The number of nitrogens with zero attached hydrogens (tertiary/aromatic N) is 1. The number of ketones is 1. The summed E-state index contributed by atoms with van der Waals surface area (Å²) in [4.78, 5) is 72.7. The largest absolute Gasteiger partial charge is 0.370 e. The molecule has 1 saturated heterocycles. The highest BCUT2D eigenvalue weighted by Gasteiger charge is 2.31. The van der Waals surface area contributed by atoms with Crippen LogP contribution in [-0.2, 0) is 30.4 Å². The van der Waals surface area contributed by atoms with Gasteiger partial charge in [0.15, 0.2) is 11.7 Å². The second-order valence-corrected chi connectivity index (χ2v) is 11.3. The predicted octanol–water partition coefficient (Wildman–Crippen LogP) is 1.54. The number of benzene rings is 1. The van der Waals surface area contributed by atoms with Crippen LogP contribution in [0.4, 0.5) is 0 Å². The van der Waals surface area contributed by atoms with Gasteiger partial charge in [-0.3, -0.25) is 29.0 Å². The molecule has 0 aliphatic carbocycles. The highest BCUT2D eigenvalue weighted by molar-refractivity contribution is 5.96. The summed E-state index contributed by atoms with van der Waals surface area (Å²) < 4.78 is 0. The number of hydrogen-bond acceptors (Lipinski definition) is 6. The van der Waals surface area contributed by atoms with Crippen LogP contribution in [0.5, 0.6) is 0 Å². The minimum absolute atomic E-state index is 0.0831. The molecule has 1 aliphatic rings. The number of aliphatic imine (C=N–C) groups is 1. The van der Waals surface area contributed by atoms with E-state index in [4.69, 9.17) is 17.2 Å². The molecular weight excluding hydrogens is 576 g/mol. The van der Waals surface area contributed by atoms with E-state index in [9.17, 15) is 24.0 Å². The average Bonchev–Trinajstić information content (AvgIpc) is 3.42. The molecule has 5 atom stereocenters. The van der Waals surface area contributed by atoms with Gasteiger partial charge in [0, 0.05) is 48.3 Å². The van der Waals surface area contributed by atoms with Crippen molar-refractivity contribution < 1.29 is 24.0 Å². The minimum Gasteiger partial charge on any atom is -0.370 e. The first-order chi connectivity index (χ1) is 21.5. The topological polar surface area (TPSA) is 228 Å². The van der Waals surface area contributed by atoms with Crippen molar-refractivity contribution in [2.45, 2.75) is 97.2 Å². The van der Waals surface area contributed by atoms with E-state index in [1.807, 2.05) is 38.1 Å². The lowest BCUT2D eigenvalue weighted by Crippen LogP contribution is -2.52. The smallest absolute Gasteiger partial charge is 0.242 e. The number of carbonyl (C=O) groups is 5. The van der Waals surface area contributed by atoms with Gasteiger partial charge < -0.3 is 38.1 Å². The van der Waals surface area contributed by atoms with Gasteiger partial charge in [0.2, 0.25) is 23.6 Å². The Kier molecular flexibility index (Phi) is 15.0. The number of primary amides is 1. The van der Waals surface area contributed by atoms with Crippen molar-refractivity contribution in [3.63, 3.8) is 0 Å². The lowest BCUT2D eigenvalue weighted by atomic mass is 9.90. The van der Waals surface area contributed by atoms with Crippen LogP contribution < -0.4 is 33.2 Å². The van der Waals surface area contributed by atoms with Crippen molar-refractivity contribution in [3.8, 4) is 0 Å². The molecule has 1 aromatic heterocycles. The molecule has 2 heterocycles. The van der Waals surface area contributed by atoms with Gasteiger partial charge in [0.25, 0.3) is 0 Å². The quantitative estimate of drug-likeness (QED) is 0.136. The maximum atomic E-state index is 13.9. The molecule has 0 unspecified atom stereocenters. The summed E-state index contributed by atoms with van der Waals surface area (Å²) in [5.74, 6) is -3.61. The number of carbonyl (C=O) groups excluding carboxylic acids is 5. The summed E-state index contributed by atoms with van der Waals surface area (Å²) in [5, 5.41) is 9.19. The van der Waals surface area contributed by atoms with E-state index in [1.165, 1.54) is 0 Å². The number of aromatic nitrogens is 1. The molecule has 13 heteroatoms. The van der Waals surface area contributed by atoms with E-state index in [-0.39, 0.29) is 49.4 Å². The van der Waals surface area contributed by atoms with Crippen molar-refractivity contribution in [2.75, 3.05) is 6.54 Å². The Balaban J connectivity index is 0.00000345. The first kappa shape index (κ1) is 36.8. The lowest BCUT2D eigenvalue weighted by Gasteiger charge is -2.24. The highest BCUT2D eigenvalue weighted by atomic mass is 16.2. The number of rotatable bonds is 7. The molecule has 1 fully saturated rings. The van der Waals surface area contributed by atoms with Crippen LogP contribution in [0.15, 0.2) is 35.5 Å².